The van der Waals surface area contributed by atoms with E-state index in [9.17, 15) is 0 Å². The van der Waals surface area contributed by atoms with Crippen molar-refractivity contribution in [2.45, 2.75) is 27.2 Å². The maximum Gasteiger partial charge on any atom is 0.129 e. The summed E-state index contributed by atoms with van der Waals surface area (Å²) in [5, 5.41) is 9.63. The van der Waals surface area contributed by atoms with E-state index >= 15 is 0 Å². The van der Waals surface area contributed by atoms with Gasteiger partial charge >= 0.3 is 0 Å². The van der Waals surface area contributed by atoms with Crippen LogP contribution < -0.4 is 4.90 Å². The lowest BCUT2D eigenvalue weighted by Crippen LogP contribution is -2.23. The van der Waals surface area contributed by atoms with Gasteiger partial charge in [-0.1, -0.05) is 23.7 Å². The Morgan fingerprint density at radius 1 is 1.27 bits per heavy atom. The predicted octanol–water partition coefficient (Wildman–Crippen LogP) is 5.08. The monoisotopic (exact) mass is 333 g/mol. The minimum Gasteiger partial charge on any atom is -0.323 e. The number of rotatable bonds is 4. The molecule has 2 aromatic rings. The molecule has 0 spiro atoms. The first-order valence-electron chi connectivity index (χ1n) is 7.01. The molecule has 116 valence electrons. The summed E-state index contributed by atoms with van der Waals surface area (Å²) in [5.41, 5.74) is 3.91. The quantitative estimate of drug-likeness (QED) is 0.435. The molecule has 0 fully saturated rings. The predicted molar refractivity (Wildman–Crippen MR) is 99.1 cm³/mol. The SMILES string of the molecule is C=N/N=C(/C)N(C)c1sc(C)c(C)c1Cc1ccc(Cl)cc1. The van der Waals surface area contributed by atoms with Crippen LogP contribution in [0.1, 0.15) is 28.5 Å². The number of nitrogens with zero attached hydrogens (tertiary/aromatic N) is 3. The number of benzene rings is 1. The van der Waals surface area contributed by atoms with Gasteiger partial charge in [-0.2, -0.15) is 5.10 Å². The van der Waals surface area contributed by atoms with E-state index in [1.807, 2.05) is 26.1 Å². The normalized spacial score (nSPS) is 11.6. The van der Waals surface area contributed by atoms with Crippen molar-refractivity contribution in [1.82, 2.24) is 0 Å². The van der Waals surface area contributed by atoms with Gasteiger partial charge in [0.05, 0.1) is 0 Å². The Bertz CT molecular complexity index is 701. The Labute approximate surface area is 141 Å². The molecule has 22 heavy (non-hydrogen) atoms. The summed E-state index contributed by atoms with van der Waals surface area (Å²) in [6, 6.07) is 8.02. The molecule has 0 aliphatic carbocycles. The average molecular weight is 334 g/mol. The first-order valence-corrected chi connectivity index (χ1v) is 8.20. The summed E-state index contributed by atoms with van der Waals surface area (Å²) in [7, 11) is 2.01. The largest absolute Gasteiger partial charge is 0.323 e. The van der Waals surface area contributed by atoms with E-state index in [1.54, 1.807) is 11.3 Å². The Kier molecular flexibility index (Phi) is 5.37. The minimum atomic E-state index is 0.763. The molecule has 1 aromatic heterocycles. The summed E-state index contributed by atoms with van der Waals surface area (Å²) in [6.45, 7) is 9.69. The van der Waals surface area contributed by atoms with E-state index in [0.717, 1.165) is 17.3 Å². The highest BCUT2D eigenvalue weighted by atomic mass is 35.5. The van der Waals surface area contributed by atoms with Gasteiger partial charge in [0.25, 0.3) is 0 Å². The highest BCUT2D eigenvalue weighted by Gasteiger charge is 2.17. The second-order valence-electron chi connectivity index (χ2n) is 5.22. The molecule has 0 bridgehead atoms. The number of hydrogen-bond acceptors (Lipinski definition) is 3. The molecule has 1 heterocycles. The van der Waals surface area contributed by atoms with Crippen LogP contribution >= 0.6 is 22.9 Å². The van der Waals surface area contributed by atoms with Gasteiger partial charge in [0.1, 0.15) is 10.8 Å². The first-order chi connectivity index (χ1) is 10.4. The maximum absolute atomic E-state index is 5.97. The van der Waals surface area contributed by atoms with Gasteiger partial charge < -0.3 is 4.90 Å². The molecule has 0 saturated heterocycles. The third kappa shape index (κ3) is 3.57. The zero-order valence-electron chi connectivity index (χ0n) is 13.4. The molecule has 3 nitrogen and oxygen atoms in total. The number of aryl methyl sites for hydroxylation is 1. The van der Waals surface area contributed by atoms with Crippen LogP contribution in [0.3, 0.4) is 0 Å². The molecular formula is C17H20ClN3S. The Morgan fingerprint density at radius 2 is 1.91 bits per heavy atom. The van der Waals surface area contributed by atoms with Crippen molar-refractivity contribution >= 4 is 40.5 Å². The van der Waals surface area contributed by atoms with Gasteiger partial charge in [0.2, 0.25) is 0 Å². The topological polar surface area (TPSA) is 28.0 Å². The molecule has 0 aliphatic heterocycles. The Morgan fingerprint density at radius 3 is 2.50 bits per heavy atom. The third-order valence-corrected chi connectivity index (χ3v) is 5.37. The van der Waals surface area contributed by atoms with Crippen molar-refractivity contribution in [3.05, 3.63) is 50.9 Å². The average Bonchev–Trinajstić information content (AvgIpc) is 2.77. The van der Waals surface area contributed by atoms with Crippen LogP contribution in [0.4, 0.5) is 5.00 Å². The van der Waals surface area contributed by atoms with Gasteiger partial charge in [-0.3, -0.25) is 0 Å². The molecule has 5 heteroatoms. The van der Waals surface area contributed by atoms with Crippen LogP contribution in [0.15, 0.2) is 34.5 Å². The minimum absolute atomic E-state index is 0.763. The molecule has 0 N–H and O–H groups in total. The zero-order valence-corrected chi connectivity index (χ0v) is 14.9. The van der Waals surface area contributed by atoms with Gasteiger partial charge in [0.15, 0.2) is 0 Å². The van der Waals surface area contributed by atoms with Crippen LogP contribution in [0.5, 0.6) is 0 Å². The fourth-order valence-electron chi connectivity index (χ4n) is 2.26. The highest BCUT2D eigenvalue weighted by Crippen LogP contribution is 2.36. The Balaban J connectivity index is 2.40. The van der Waals surface area contributed by atoms with E-state index in [4.69, 9.17) is 11.6 Å². The first kappa shape index (κ1) is 16.7. The van der Waals surface area contributed by atoms with Gasteiger partial charge in [-0.05, 0) is 49.6 Å². The fourth-order valence-corrected chi connectivity index (χ4v) is 3.57. The Hall–Kier alpha value is -1.65. The van der Waals surface area contributed by atoms with Crippen molar-refractivity contribution < 1.29 is 0 Å². The van der Waals surface area contributed by atoms with Gasteiger partial charge in [-0.25, -0.2) is 0 Å². The van der Waals surface area contributed by atoms with Crippen LogP contribution in [-0.2, 0) is 6.42 Å². The fraction of sp³-hybridized carbons (Fsp3) is 0.294. The molecule has 2 rings (SSSR count). The molecule has 0 saturated carbocycles. The van der Waals surface area contributed by atoms with E-state index in [1.165, 1.54) is 26.6 Å². The van der Waals surface area contributed by atoms with Crippen molar-refractivity contribution in [2.24, 2.45) is 10.2 Å². The highest BCUT2D eigenvalue weighted by molar-refractivity contribution is 7.16. The molecule has 0 aliphatic rings. The molecule has 0 atom stereocenters. The van der Waals surface area contributed by atoms with Crippen LogP contribution in [0.25, 0.3) is 0 Å². The summed E-state index contributed by atoms with van der Waals surface area (Å²) in [6.07, 6.45) is 0.877. The number of anilines is 1. The number of hydrogen-bond donors (Lipinski definition) is 0. The van der Waals surface area contributed by atoms with Crippen molar-refractivity contribution in [3.63, 3.8) is 0 Å². The molecule has 0 radical (unpaired) electrons. The third-order valence-electron chi connectivity index (χ3n) is 3.79. The van der Waals surface area contributed by atoms with E-state index in [0.29, 0.717) is 0 Å². The lowest BCUT2D eigenvalue weighted by atomic mass is 10.0. The van der Waals surface area contributed by atoms with Crippen molar-refractivity contribution in [1.29, 1.82) is 0 Å². The van der Waals surface area contributed by atoms with Gasteiger partial charge in [0, 0.05) is 30.1 Å². The zero-order chi connectivity index (χ0) is 16.3. The smallest absolute Gasteiger partial charge is 0.129 e. The summed E-state index contributed by atoms with van der Waals surface area (Å²) in [4.78, 5) is 3.40. The lowest BCUT2D eigenvalue weighted by Gasteiger charge is -2.18. The second-order valence-corrected chi connectivity index (χ2v) is 6.86. The number of halogens is 1. The standard InChI is InChI=1S/C17H20ClN3S/c1-11-12(2)22-17(21(5)13(3)20-19-4)16(11)10-14-6-8-15(18)9-7-14/h6-9H,4,10H2,1-3,5H3/b20-13-. The van der Waals surface area contributed by atoms with Crippen LogP contribution in [0.2, 0.25) is 5.02 Å². The molecule has 0 amide bonds. The van der Waals surface area contributed by atoms with E-state index < -0.39 is 0 Å². The summed E-state index contributed by atoms with van der Waals surface area (Å²) in [5.74, 6) is 0.827. The molecule has 0 unspecified atom stereocenters. The molecule has 1 aromatic carbocycles. The van der Waals surface area contributed by atoms with Crippen molar-refractivity contribution in [2.75, 3.05) is 11.9 Å². The van der Waals surface area contributed by atoms with E-state index in [-0.39, 0.29) is 0 Å². The van der Waals surface area contributed by atoms with Gasteiger partial charge in [-0.15, -0.1) is 16.4 Å². The van der Waals surface area contributed by atoms with Crippen molar-refractivity contribution in [3.8, 4) is 0 Å². The maximum atomic E-state index is 5.97. The molecular weight excluding hydrogens is 314 g/mol. The number of thiophene rings is 1. The van der Waals surface area contributed by atoms with Crippen LogP contribution in [0, 0.1) is 13.8 Å². The summed E-state index contributed by atoms with van der Waals surface area (Å²) >= 11 is 7.75. The lowest BCUT2D eigenvalue weighted by molar-refractivity contribution is 1.12. The number of amidine groups is 1. The van der Waals surface area contributed by atoms with E-state index in [2.05, 4.69) is 47.8 Å². The second kappa shape index (κ2) is 7.07. The van der Waals surface area contributed by atoms with Crippen LogP contribution in [-0.4, -0.2) is 19.6 Å². The summed E-state index contributed by atoms with van der Waals surface area (Å²) < 4.78 is 0.